The summed E-state index contributed by atoms with van der Waals surface area (Å²) in [5, 5.41) is 3.40. The summed E-state index contributed by atoms with van der Waals surface area (Å²) < 4.78 is 18.6. The van der Waals surface area contributed by atoms with Gasteiger partial charge in [-0.25, -0.2) is 4.39 Å². The zero-order valence-electron chi connectivity index (χ0n) is 10.6. The Morgan fingerprint density at radius 2 is 1.89 bits per heavy atom. The van der Waals surface area contributed by atoms with Gasteiger partial charge in [0.25, 0.3) is 0 Å². The van der Waals surface area contributed by atoms with E-state index in [4.69, 9.17) is 4.74 Å². The lowest BCUT2D eigenvalue weighted by molar-refractivity contribution is 0.277. The van der Waals surface area contributed by atoms with Gasteiger partial charge in [-0.3, -0.25) is 0 Å². The molecule has 0 fully saturated rings. The fourth-order valence-corrected chi connectivity index (χ4v) is 2.46. The summed E-state index contributed by atoms with van der Waals surface area (Å²) in [5.74, 6) is 0.816. The van der Waals surface area contributed by atoms with Gasteiger partial charge in [-0.05, 0) is 35.4 Å². The first-order valence-electron chi connectivity index (χ1n) is 6.50. The standard InChI is InChI=1S/C16H16FNO/c17-14-5-7-15(8-6-14)19-11-13-10-18-9-12-3-1-2-4-16(12)13/h1-8,13,18H,9-11H2. The van der Waals surface area contributed by atoms with Crippen LogP contribution in [0.3, 0.4) is 0 Å². The Morgan fingerprint density at radius 1 is 1.11 bits per heavy atom. The molecule has 0 spiro atoms. The molecule has 2 aromatic rings. The number of rotatable bonds is 3. The Bertz CT molecular complexity index is 553. The summed E-state index contributed by atoms with van der Waals surface area (Å²) in [4.78, 5) is 0. The molecule has 0 radical (unpaired) electrons. The smallest absolute Gasteiger partial charge is 0.123 e. The van der Waals surface area contributed by atoms with Crippen molar-refractivity contribution in [3.63, 3.8) is 0 Å². The molecule has 1 aliphatic rings. The van der Waals surface area contributed by atoms with Gasteiger partial charge in [-0.1, -0.05) is 24.3 Å². The van der Waals surface area contributed by atoms with Crippen LogP contribution in [0.2, 0.25) is 0 Å². The van der Waals surface area contributed by atoms with Crippen LogP contribution in [0.15, 0.2) is 48.5 Å². The molecule has 1 N–H and O–H groups in total. The van der Waals surface area contributed by atoms with Crippen molar-refractivity contribution in [3.05, 3.63) is 65.5 Å². The van der Waals surface area contributed by atoms with E-state index in [1.165, 1.54) is 23.3 Å². The summed E-state index contributed by atoms with van der Waals surface area (Å²) in [6.45, 7) is 2.44. The largest absolute Gasteiger partial charge is 0.493 e. The number of fused-ring (bicyclic) bond motifs is 1. The number of ether oxygens (including phenoxy) is 1. The minimum Gasteiger partial charge on any atom is -0.493 e. The lowest BCUT2D eigenvalue weighted by Gasteiger charge is -2.26. The lowest BCUT2D eigenvalue weighted by atomic mass is 9.91. The highest BCUT2D eigenvalue weighted by Gasteiger charge is 2.19. The maximum absolute atomic E-state index is 12.8. The monoisotopic (exact) mass is 257 g/mol. The van der Waals surface area contributed by atoms with Crippen molar-refractivity contribution in [2.45, 2.75) is 12.5 Å². The Balaban J connectivity index is 1.69. The Labute approximate surface area is 112 Å². The van der Waals surface area contributed by atoms with Crippen LogP contribution in [-0.2, 0) is 6.54 Å². The van der Waals surface area contributed by atoms with E-state index in [0.29, 0.717) is 18.3 Å². The molecule has 0 amide bonds. The number of benzene rings is 2. The fraction of sp³-hybridized carbons (Fsp3) is 0.250. The Morgan fingerprint density at radius 3 is 2.74 bits per heavy atom. The van der Waals surface area contributed by atoms with Gasteiger partial charge in [0, 0.05) is 19.0 Å². The van der Waals surface area contributed by atoms with Crippen molar-refractivity contribution >= 4 is 0 Å². The lowest BCUT2D eigenvalue weighted by Crippen LogP contribution is -2.31. The van der Waals surface area contributed by atoms with Gasteiger partial charge in [0.2, 0.25) is 0 Å². The highest BCUT2D eigenvalue weighted by Crippen LogP contribution is 2.24. The van der Waals surface area contributed by atoms with Crippen molar-refractivity contribution in [2.75, 3.05) is 13.2 Å². The van der Waals surface area contributed by atoms with Crippen LogP contribution in [0.5, 0.6) is 5.75 Å². The van der Waals surface area contributed by atoms with Crippen LogP contribution in [0, 0.1) is 5.82 Å². The quantitative estimate of drug-likeness (QED) is 0.912. The van der Waals surface area contributed by atoms with Crippen molar-refractivity contribution in [3.8, 4) is 5.75 Å². The Hall–Kier alpha value is -1.87. The van der Waals surface area contributed by atoms with Gasteiger partial charge < -0.3 is 10.1 Å². The van der Waals surface area contributed by atoms with Crippen LogP contribution in [0.1, 0.15) is 17.0 Å². The molecular formula is C16H16FNO. The van der Waals surface area contributed by atoms with E-state index in [9.17, 15) is 4.39 Å². The Kier molecular flexibility index (Phi) is 3.47. The van der Waals surface area contributed by atoms with Gasteiger partial charge >= 0.3 is 0 Å². The van der Waals surface area contributed by atoms with Crippen molar-refractivity contribution in [1.29, 1.82) is 0 Å². The summed E-state index contributed by atoms with van der Waals surface area (Å²) >= 11 is 0. The van der Waals surface area contributed by atoms with E-state index in [1.54, 1.807) is 12.1 Å². The molecule has 3 heteroatoms. The van der Waals surface area contributed by atoms with Crippen molar-refractivity contribution in [1.82, 2.24) is 5.32 Å². The van der Waals surface area contributed by atoms with E-state index in [-0.39, 0.29) is 5.82 Å². The first-order chi connectivity index (χ1) is 9.33. The third-order valence-electron chi connectivity index (χ3n) is 3.47. The highest BCUT2D eigenvalue weighted by atomic mass is 19.1. The molecule has 0 bridgehead atoms. The normalized spacial score (nSPS) is 17.8. The van der Waals surface area contributed by atoms with Crippen molar-refractivity contribution in [2.24, 2.45) is 0 Å². The molecule has 1 aliphatic heterocycles. The van der Waals surface area contributed by atoms with Crippen LogP contribution >= 0.6 is 0 Å². The summed E-state index contributed by atoms with van der Waals surface area (Å²) in [6.07, 6.45) is 0. The van der Waals surface area contributed by atoms with Gasteiger partial charge in [0.1, 0.15) is 11.6 Å². The predicted octanol–water partition coefficient (Wildman–Crippen LogP) is 3.09. The number of halogens is 1. The molecule has 2 nitrogen and oxygen atoms in total. The molecule has 0 aromatic heterocycles. The predicted molar refractivity (Wildman–Crippen MR) is 72.8 cm³/mol. The molecule has 1 atom stereocenters. The average molecular weight is 257 g/mol. The third kappa shape index (κ3) is 2.76. The van der Waals surface area contributed by atoms with Gasteiger partial charge in [0.15, 0.2) is 0 Å². The summed E-state index contributed by atoms with van der Waals surface area (Å²) in [7, 11) is 0. The van der Waals surface area contributed by atoms with Crippen LogP contribution in [0.4, 0.5) is 4.39 Å². The number of nitrogens with one attached hydrogen (secondary N) is 1. The average Bonchev–Trinajstić information content (AvgIpc) is 2.47. The van der Waals surface area contributed by atoms with E-state index >= 15 is 0 Å². The molecule has 3 rings (SSSR count). The molecule has 19 heavy (non-hydrogen) atoms. The molecule has 1 heterocycles. The first-order valence-corrected chi connectivity index (χ1v) is 6.50. The fourth-order valence-electron chi connectivity index (χ4n) is 2.46. The van der Waals surface area contributed by atoms with E-state index < -0.39 is 0 Å². The maximum atomic E-state index is 12.8. The molecule has 0 saturated heterocycles. The molecule has 0 saturated carbocycles. The van der Waals surface area contributed by atoms with Crippen LogP contribution in [0.25, 0.3) is 0 Å². The summed E-state index contributed by atoms with van der Waals surface area (Å²) in [5.41, 5.74) is 2.69. The third-order valence-corrected chi connectivity index (χ3v) is 3.47. The second-order valence-corrected chi connectivity index (χ2v) is 4.79. The molecule has 0 aliphatic carbocycles. The van der Waals surface area contributed by atoms with Crippen LogP contribution in [-0.4, -0.2) is 13.2 Å². The second-order valence-electron chi connectivity index (χ2n) is 4.79. The van der Waals surface area contributed by atoms with E-state index in [0.717, 1.165) is 13.1 Å². The minimum atomic E-state index is -0.239. The van der Waals surface area contributed by atoms with Gasteiger partial charge in [0.05, 0.1) is 6.61 Å². The van der Waals surface area contributed by atoms with Gasteiger partial charge in [-0.2, -0.15) is 0 Å². The zero-order valence-corrected chi connectivity index (χ0v) is 10.6. The number of hydrogen-bond acceptors (Lipinski definition) is 2. The summed E-state index contributed by atoms with van der Waals surface area (Å²) in [6, 6.07) is 14.6. The molecule has 1 unspecified atom stereocenters. The van der Waals surface area contributed by atoms with Gasteiger partial charge in [-0.15, -0.1) is 0 Å². The van der Waals surface area contributed by atoms with E-state index in [2.05, 4.69) is 29.6 Å². The maximum Gasteiger partial charge on any atom is 0.123 e. The second kappa shape index (κ2) is 5.41. The zero-order chi connectivity index (χ0) is 13.1. The topological polar surface area (TPSA) is 21.3 Å². The highest BCUT2D eigenvalue weighted by molar-refractivity contribution is 5.33. The van der Waals surface area contributed by atoms with Crippen molar-refractivity contribution < 1.29 is 9.13 Å². The minimum absolute atomic E-state index is 0.239. The number of hydrogen-bond donors (Lipinski definition) is 1. The van der Waals surface area contributed by atoms with Crippen LogP contribution < -0.4 is 10.1 Å². The molecular weight excluding hydrogens is 241 g/mol. The SMILES string of the molecule is Fc1ccc(OCC2CNCc3ccccc32)cc1. The van der Waals surface area contributed by atoms with E-state index in [1.807, 2.05) is 0 Å². The molecule has 98 valence electrons. The molecule has 2 aromatic carbocycles. The first kappa shape index (κ1) is 12.2.